The molecule has 0 aromatic heterocycles. The van der Waals surface area contributed by atoms with Gasteiger partial charge >= 0.3 is 0 Å². The van der Waals surface area contributed by atoms with E-state index in [1.165, 1.54) is 4.31 Å². The van der Waals surface area contributed by atoms with Gasteiger partial charge in [0.25, 0.3) is 0 Å². The molecule has 0 saturated heterocycles. The second-order valence-electron chi connectivity index (χ2n) is 5.53. The summed E-state index contributed by atoms with van der Waals surface area (Å²) in [7, 11) is -3.50. The summed E-state index contributed by atoms with van der Waals surface area (Å²) in [5.74, 6) is -0.125. The fourth-order valence-electron chi connectivity index (χ4n) is 2.40. The molecule has 5 nitrogen and oxygen atoms in total. The van der Waals surface area contributed by atoms with E-state index < -0.39 is 10.0 Å². The predicted octanol–water partition coefficient (Wildman–Crippen LogP) is 2.66. The molecule has 0 aliphatic heterocycles. The van der Waals surface area contributed by atoms with Crippen LogP contribution in [0.1, 0.15) is 23.1 Å². The third-order valence-electron chi connectivity index (χ3n) is 3.61. The van der Waals surface area contributed by atoms with Gasteiger partial charge in [0.1, 0.15) is 0 Å². The molecule has 0 bridgehead atoms. The fraction of sp³-hybridized carbons (Fsp3) is 0.278. The van der Waals surface area contributed by atoms with E-state index in [9.17, 15) is 8.42 Å². The highest BCUT2D eigenvalue weighted by molar-refractivity contribution is 7.88. The molecule has 134 valence electrons. The first-order valence-corrected chi connectivity index (χ1v) is 9.37. The fourth-order valence-corrected chi connectivity index (χ4v) is 3.94. The second kappa shape index (κ2) is 10.2. The predicted molar refractivity (Wildman–Crippen MR) is 102 cm³/mol. The monoisotopic (exact) mass is 379 g/mol. The molecule has 25 heavy (non-hydrogen) atoms. The maximum Gasteiger partial charge on any atom is 0.218 e. The van der Waals surface area contributed by atoms with E-state index in [0.717, 1.165) is 5.56 Å². The summed E-state index contributed by atoms with van der Waals surface area (Å²) in [6.45, 7) is 1.14. The topological polar surface area (TPSA) is 87.2 Å². The summed E-state index contributed by atoms with van der Waals surface area (Å²) in [5.41, 5.74) is 7.55. The first-order chi connectivity index (χ1) is 11.5. The Bertz CT molecular complexity index is 805. The minimum Gasteiger partial charge on any atom is -0.330 e. The first-order valence-electron chi connectivity index (χ1n) is 7.76. The summed E-state index contributed by atoms with van der Waals surface area (Å²) < 4.78 is 27.1. The van der Waals surface area contributed by atoms with E-state index in [-0.39, 0.29) is 18.2 Å². The van der Waals surface area contributed by atoms with Crippen LogP contribution >= 0.6 is 12.4 Å². The van der Waals surface area contributed by atoms with Crippen LogP contribution in [0, 0.1) is 11.3 Å². The molecule has 2 rings (SSSR count). The zero-order chi connectivity index (χ0) is 17.4. The number of hydrogen-bond acceptors (Lipinski definition) is 4. The highest BCUT2D eigenvalue weighted by Crippen LogP contribution is 2.16. The van der Waals surface area contributed by atoms with Crippen molar-refractivity contribution in [3.8, 4) is 6.07 Å². The van der Waals surface area contributed by atoms with E-state index in [2.05, 4.69) is 0 Å². The minimum atomic E-state index is -3.50. The largest absolute Gasteiger partial charge is 0.330 e. The van der Waals surface area contributed by atoms with Crippen LogP contribution in [0.5, 0.6) is 0 Å². The highest BCUT2D eigenvalue weighted by atomic mass is 35.5. The lowest BCUT2D eigenvalue weighted by Crippen LogP contribution is -2.33. The second-order valence-corrected chi connectivity index (χ2v) is 7.50. The molecule has 0 amide bonds. The van der Waals surface area contributed by atoms with Gasteiger partial charge in [0.15, 0.2) is 0 Å². The summed E-state index contributed by atoms with van der Waals surface area (Å²) >= 11 is 0. The maximum atomic E-state index is 12.8. The molecule has 0 aliphatic rings. The van der Waals surface area contributed by atoms with Crippen molar-refractivity contribution in [3.63, 3.8) is 0 Å². The van der Waals surface area contributed by atoms with Gasteiger partial charge in [-0.3, -0.25) is 0 Å². The van der Waals surface area contributed by atoms with E-state index in [1.54, 1.807) is 24.3 Å². The normalized spacial score (nSPS) is 10.9. The Morgan fingerprint density at radius 1 is 1.04 bits per heavy atom. The Hall–Kier alpha value is -1.91. The third kappa shape index (κ3) is 6.48. The molecular formula is C18H22ClN3O2S. The van der Waals surface area contributed by atoms with Gasteiger partial charge in [0, 0.05) is 13.1 Å². The average molecular weight is 380 g/mol. The zero-order valence-electron chi connectivity index (χ0n) is 13.8. The van der Waals surface area contributed by atoms with Crippen molar-refractivity contribution < 1.29 is 8.42 Å². The Morgan fingerprint density at radius 2 is 1.72 bits per heavy atom. The number of nitrogens with zero attached hydrogens (tertiary/aromatic N) is 2. The highest BCUT2D eigenvalue weighted by Gasteiger charge is 2.22. The van der Waals surface area contributed by atoms with Crippen molar-refractivity contribution in [3.05, 3.63) is 71.3 Å². The average Bonchev–Trinajstić information content (AvgIpc) is 2.59. The molecule has 0 unspecified atom stereocenters. The van der Waals surface area contributed by atoms with Gasteiger partial charge < -0.3 is 5.73 Å². The zero-order valence-corrected chi connectivity index (χ0v) is 15.5. The summed E-state index contributed by atoms with van der Waals surface area (Å²) in [4.78, 5) is 0. The molecule has 2 aromatic carbocycles. The molecule has 0 spiro atoms. The SMILES string of the molecule is Cl.N#Cc1cccc(CS(=O)(=O)N(CCCN)Cc2ccccc2)c1. The minimum absolute atomic E-state index is 0. The maximum absolute atomic E-state index is 12.8. The van der Waals surface area contributed by atoms with Crippen LogP contribution in [0.25, 0.3) is 0 Å². The summed E-state index contributed by atoms with van der Waals surface area (Å²) in [5, 5.41) is 8.96. The molecule has 0 radical (unpaired) electrons. The molecule has 0 aliphatic carbocycles. The molecule has 2 N–H and O–H groups in total. The van der Waals surface area contributed by atoms with E-state index >= 15 is 0 Å². The van der Waals surface area contributed by atoms with Crippen LogP contribution < -0.4 is 5.73 Å². The van der Waals surface area contributed by atoms with E-state index in [4.69, 9.17) is 11.0 Å². The standard InChI is InChI=1S/C18H21N3O2S.ClH/c19-10-5-11-21(14-16-6-2-1-3-7-16)24(22,23)15-18-9-4-8-17(12-18)13-20;/h1-4,6-9,12H,5,10-11,14-15,19H2;1H. The Morgan fingerprint density at radius 3 is 2.36 bits per heavy atom. The van der Waals surface area contributed by atoms with Gasteiger partial charge in [-0.15, -0.1) is 12.4 Å². The van der Waals surface area contributed by atoms with Crippen molar-refractivity contribution in [1.82, 2.24) is 4.31 Å². The third-order valence-corrected chi connectivity index (χ3v) is 5.41. The lowest BCUT2D eigenvalue weighted by atomic mass is 10.2. The van der Waals surface area contributed by atoms with Crippen molar-refractivity contribution in [2.24, 2.45) is 5.73 Å². The number of rotatable bonds is 8. The molecule has 0 saturated carbocycles. The molecule has 2 aromatic rings. The van der Waals surface area contributed by atoms with Gasteiger partial charge in [0.2, 0.25) is 10.0 Å². The van der Waals surface area contributed by atoms with Crippen LogP contribution in [0.15, 0.2) is 54.6 Å². The summed E-state index contributed by atoms with van der Waals surface area (Å²) in [6, 6.07) is 18.2. The van der Waals surface area contributed by atoms with E-state index in [1.807, 2.05) is 36.4 Å². The van der Waals surface area contributed by atoms with Crippen LogP contribution in [0.3, 0.4) is 0 Å². The number of nitriles is 1. The van der Waals surface area contributed by atoms with Crippen molar-refractivity contribution in [2.45, 2.75) is 18.7 Å². The van der Waals surface area contributed by atoms with Gasteiger partial charge in [-0.2, -0.15) is 9.57 Å². The molecular weight excluding hydrogens is 358 g/mol. The van der Waals surface area contributed by atoms with Gasteiger partial charge in [-0.1, -0.05) is 42.5 Å². The number of halogens is 1. The molecule has 7 heteroatoms. The number of nitrogens with two attached hydrogens (primary N) is 1. The van der Waals surface area contributed by atoms with Crippen LogP contribution in [-0.4, -0.2) is 25.8 Å². The Labute approximate surface area is 155 Å². The molecule has 0 fully saturated rings. The van der Waals surface area contributed by atoms with Crippen molar-refractivity contribution in [1.29, 1.82) is 5.26 Å². The smallest absolute Gasteiger partial charge is 0.218 e. The lowest BCUT2D eigenvalue weighted by Gasteiger charge is -2.22. The number of hydrogen-bond donors (Lipinski definition) is 1. The van der Waals surface area contributed by atoms with E-state index in [0.29, 0.717) is 37.2 Å². The van der Waals surface area contributed by atoms with Gasteiger partial charge in [-0.25, -0.2) is 8.42 Å². The molecule has 0 atom stereocenters. The first kappa shape index (κ1) is 21.1. The van der Waals surface area contributed by atoms with Crippen molar-refractivity contribution >= 4 is 22.4 Å². The van der Waals surface area contributed by atoms with Crippen LogP contribution in [0.4, 0.5) is 0 Å². The van der Waals surface area contributed by atoms with Crippen LogP contribution in [0.2, 0.25) is 0 Å². The molecule has 0 heterocycles. The van der Waals surface area contributed by atoms with Gasteiger partial charge in [0.05, 0.1) is 17.4 Å². The lowest BCUT2D eigenvalue weighted by molar-refractivity contribution is 0.401. The van der Waals surface area contributed by atoms with Crippen LogP contribution in [-0.2, 0) is 22.3 Å². The van der Waals surface area contributed by atoms with Crippen molar-refractivity contribution in [2.75, 3.05) is 13.1 Å². The quantitative estimate of drug-likeness (QED) is 0.763. The summed E-state index contributed by atoms with van der Waals surface area (Å²) in [6.07, 6.45) is 0.601. The number of benzene rings is 2. The Kier molecular flexibility index (Phi) is 8.59. The number of sulfonamides is 1. The van der Waals surface area contributed by atoms with Gasteiger partial charge in [-0.05, 0) is 36.2 Å². The Balaban J connectivity index is 0.00000312.